The second-order valence-electron chi connectivity index (χ2n) is 7.25. The van der Waals surface area contributed by atoms with Crippen LogP contribution in [-0.2, 0) is 38.3 Å². The van der Waals surface area contributed by atoms with Crippen LogP contribution in [0.3, 0.4) is 0 Å². The minimum Gasteiger partial charge on any atom is -0.465 e. The summed E-state index contributed by atoms with van der Waals surface area (Å²) in [7, 11) is 0. The minimum atomic E-state index is -0.227. The van der Waals surface area contributed by atoms with Crippen LogP contribution in [0.25, 0.3) is 0 Å². The molecule has 2 rings (SSSR count). The summed E-state index contributed by atoms with van der Waals surface area (Å²) in [5.74, 6) is -0.396. The fourth-order valence-corrected chi connectivity index (χ4v) is 3.06. The molecule has 0 fully saturated rings. The third-order valence-corrected chi connectivity index (χ3v) is 4.78. The van der Waals surface area contributed by atoms with Crippen molar-refractivity contribution in [3.8, 4) is 0 Å². The number of ether oxygens (including phenoxy) is 2. The molecule has 6 nitrogen and oxygen atoms in total. The molecule has 0 unspecified atom stereocenters. The summed E-state index contributed by atoms with van der Waals surface area (Å²) < 4.78 is 10.2. The second kappa shape index (κ2) is 15.2. The first kappa shape index (κ1) is 24.6. The van der Waals surface area contributed by atoms with Crippen LogP contribution in [0.4, 0.5) is 0 Å². The number of esters is 2. The van der Waals surface area contributed by atoms with E-state index in [1.807, 2.05) is 18.2 Å². The molecule has 0 bridgehead atoms. The highest BCUT2D eigenvalue weighted by Crippen LogP contribution is 2.06. The van der Waals surface area contributed by atoms with Crippen LogP contribution >= 0.6 is 0 Å². The first-order valence-electron chi connectivity index (χ1n) is 11.0. The molecule has 31 heavy (non-hydrogen) atoms. The molecule has 0 aliphatic heterocycles. The summed E-state index contributed by atoms with van der Waals surface area (Å²) in [4.78, 5) is 23.1. The maximum Gasteiger partial charge on any atom is 0.319 e. The van der Waals surface area contributed by atoms with Gasteiger partial charge in [-0.15, -0.1) is 0 Å². The highest BCUT2D eigenvalue weighted by atomic mass is 16.5. The first-order chi connectivity index (χ1) is 15.2. The second-order valence-corrected chi connectivity index (χ2v) is 7.25. The van der Waals surface area contributed by atoms with Crippen LogP contribution in [0.1, 0.15) is 30.0 Å². The Bertz CT molecular complexity index is 763. The zero-order valence-electron chi connectivity index (χ0n) is 18.4. The Balaban J connectivity index is 1.50. The van der Waals surface area contributed by atoms with E-state index in [2.05, 4.69) is 47.0 Å². The molecular weight excluding hydrogens is 392 g/mol. The van der Waals surface area contributed by atoms with Gasteiger partial charge in [0.2, 0.25) is 0 Å². The number of nitrogens with one attached hydrogen (secondary N) is 2. The molecule has 6 heteroatoms. The maximum absolute atomic E-state index is 11.9. The van der Waals surface area contributed by atoms with Crippen molar-refractivity contribution < 1.29 is 19.1 Å². The van der Waals surface area contributed by atoms with Gasteiger partial charge in [0.15, 0.2) is 0 Å². The quantitative estimate of drug-likeness (QED) is 0.337. The van der Waals surface area contributed by atoms with Crippen LogP contribution in [-0.4, -0.2) is 51.3 Å². The van der Waals surface area contributed by atoms with E-state index in [-0.39, 0.29) is 18.5 Å². The van der Waals surface area contributed by atoms with E-state index < -0.39 is 0 Å². The summed E-state index contributed by atoms with van der Waals surface area (Å²) in [6.07, 6.45) is 2.88. The summed E-state index contributed by atoms with van der Waals surface area (Å²) in [6.45, 7) is 5.03. The fraction of sp³-hybridized carbons (Fsp3) is 0.440. The Morgan fingerprint density at radius 2 is 1.32 bits per heavy atom. The predicted octanol–water partition coefficient (Wildman–Crippen LogP) is 2.69. The summed E-state index contributed by atoms with van der Waals surface area (Å²) in [6, 6.07) is 18.5. The molecule has 0 saturated carbocycles. The van der Waals surface area contributed by atoms with Crippen molar-refractivity contribution in [1.82, 2.24) is 10.6 Å². The van der Waals surface area contributed by atoms with Gasteiger partial charge in [-0.05, 0) is 49.5 Å². The van der Waals surface area contributed by atoms with Gasteiger partial charge in [0.1, 0.15) is 0 Å². The molecule has 0 amide bonds. The lowest BCUT2D eigenvalue weighted by Crippen LogP contribution is -2.26. The van der Waals surface area contributed by atoms with Crippen LogP contribution in [0.15, 0.2) is 54.6 Å². The average Bonchev–Trinajstić information content (AvgIpc) is 2.78. The molecule has 0 spiro atoms. The Labute approximate surface area is 185 Å². The average molecular weight is 427 g/mol. The molecule has 0 atom stereocenters. The van der Waals surface area contributed by atoms with Crippen LogP contribution in [0, 0.1) is 0 Å². The molecule has 168 valence electrons. The fourth-order valence-electron chi connectivity index (χ4n) is 3.06. The molecule has 2 N–H and O–H groups in total. The Kier molecular flexibility index (Phi) is 12.0. The van der Waals surface area contributed by atoms with Crippen molar-refractivity contribution in [3.05, 3.63) is 71.3 Å². The smallest absolute Gasteiger partial charge is 0.319 e. The van der Waals surface area contributed by atoms with Crippen molar-refractivity contribution in [3.63, 3.8) is 0 Å². The van der Waals surface area contributed by atoms with Gasteiger partial charge in [-0.3, -0.25) is 9.59 Å². The summed E-state index contributed by atoms with van der Waals surface area (Å²) >= 11 is 0. The highest BCUT2D eigenvalue weighted by molar-refractivity contribution is 5.71. The number of rotatable bonds is 15. The van der Waals surface area contributed by atoms with E-state index in [4.69, 9.17) is 9.47 Å². The van der Waals surface area contributed by atoms with Crippen LogP contribution in [0.5, 0.6) is 0 Å². The minimum absolute atomic E-state index is 0.170. The molecule has 0 aliphatic carbocycles. The van der Waals surface area contributed by atoms with E-state index in [0.29, 0.717) is 32.6 Å². The van der Waals surface area contributed by atoms with E-state index in [1.165, 1.54) is 11.1 Å². The number of hydrogen-bond acceptors (Lipinski definition) is 6. The molecule has 0 aliphatic rings. The van der Waals surface area contributed by atoms with Gasteiger partial charge in [-0.2, -0.15) is 0 Å². The molecule has 2 aromatic carbocycles. The molecule has 0 saturated heterocycles. The molecule has 0 radical (unpaired) electrons. The number of carbonyl (C=O) groups is 2. The lowest BCUT2D eigenvalue weighted by molar-refractivity contribution is -0.143. The Morgan fingerprint density at radius 3 is 2.00 bits per heavy atom. The third-order valence-electron chi connectivity index (χ3n) is 4.78. The molecule has 2 aromatic rings. The van der Waals surface area contributed by atoms with E-state index in [0.717, 1.165) is 31.5 Å². The lowest BCUT2D eigenvalue weighted by Gasteiger charge is -2.08. The van der Waals surface area contributed by atoms with Gasteiger partial charge in [-0.1, -0.05) is 54.6 Å². The number of hydrogen-bond donors (Lipinski definition) is 2. The van der Waals surface area contributed by atoms with Gasteiger partial charge >= 0.3 is 11.9 Å². The predicted molar refractivity (Wildman–Crippen MR) is 122 cm³/mol. The van der Waals surface area contributed by atoms with E-state index in [9.17, 15) is 9.59 Å². The maximum atomic E-state index is 11.9. The number of benzene rings is 2. The molecule has 0 heterocycles. The van der Waals surface area contributed by atoms with Gasteiger partial charge < -0.3 is 20.1 Å². The first-order valence-corrected chi connectivity index (χ1v) is 11.0. The molecule has 0 aromatic heterocycles. The van der Waals surface area contributed by atoms with Gasteiger partial charge in [0.25, 0.3) is 0 Å². The summed E-state index contributed by atoms with van der Waals surface area (Å²) in [5.41, 5.74) is 3.62. The van der Waals surface area contributed by atoms with Crippen LogP contribution < -0.4 is 10.6 Å². The third kappa shape index (κ3) is 11.3. The lowest BCUT2D eigenvalue weighted by atomic mass is 10.1. The Hall–Kier alpha value is -2.70. The van der Waals surface area contributed by atoms with Gasteiger partial charge in [-0.25, -0.2) is 0 Å². The SMILES string of the molecule is CCOC(=O)CNCCc1ccc(CCOC(=O)CCNCCc2ccccc2)cc1. The summed E-state index contributed by atoms with van der Waals surface area (Å²) in [5, 5.41) is 6.36. The van der Waals surface area contributed by atoms with E-state index in [1.54, 1.807) is 6.92 Å². The van der Waals surface area contributed by atoms with Crippen molar-refractivity contribution in [1.29, 1.82) is 0 Å². The zero-order valence-corrected chi connectivity index (χ0v) is 18.4. The normalized spacial score (nSPS) is 10.6. The van der Waals surface area contributed by atoms with E-state index >= 15 is 0 Å². The highest BCUT2D eigenvalue weighted by Gasteiger charge is 2.04. The standard InChI is InChI=1S/C25H34N2O4/c1-2-30-25(29)20-27-17-13-22-8-10-23(11-9-22)15-19-31-24(28)14-18-26-16-12-21-6-4-3-5-7-21/h3-11,26-27H,2,12-20H2,1H3. The van der Waals surface area contributed by atoms with Crippen molar-refractivity contribution >= 4 is 11.9 Å². The topological polar surface area (TPSA) is 76.7 Å². The van der Waals surface area contributed by atoms with Gasteiger partial charge in [0, 0.05) is 13.0 Å². The Morgan fingerprint density at radius 1 is 0.710 bits per heavy atom. The van der Waals surface area contributed by atoms with Crippen molar-refractivity contribution in [2.45, 2.75) is 32.6 Å². The van der Waals surface area contributed by atoms with Gasteiger partial charge in [0.05, 0.1) is 26.2 Å². The van der Waals surface area contributed by atoms with Crippen LogP contribution in [0.2, 0.25) is 0 Å². The zero-order chi connectivity index (χ0) is 22.2. The van der Waals surface area contributed by atoms with Crippen molar-refractivity contribution in [2.75, 3.05) is 39.4 Å². The molecular formula is C25H34N2O4. The van der Waals surface area contributed by atoms with Crippen molar-refractivity contribution in [2.24, 2.45) is 0 Å². The largest absolute Gasteiger partial charge is 0.465 e. The monoisotopic (exact) mass is 426 g/mol. The number of carbonyl (C=O) groups excluding carboxylic acids is 2.